The molecular weight excluding hydrogens is 567 g/mol. The lowest BCUT2D eigenvalue weighted by Crippen LogP contribution is -2.45. The average molecular weight is 594 g/mol. The van der Waals surface area contributed by atoms with Crippen molar-refractivity contribution < 1.29 is 18.9 Å². The third-order valence-electron chi connectivity index (χ3n) is 5.95. The summed E-state index contributed by atoms with van der Waals surface area (Å²) < 4.78 is 26.5. The molecule has 0 bridgehead atoms. The van der Waals surface area contributed by atoms with Crippen LogP contribution in [-0.2, 0) is 25.5 Å². The van der Waals surface area contributed by atoms with Gasteiger partial charge >= 0.3 is 0 Å². The van der Waals surface area contributed by atoms with Crippen molar-refractivity contribution >= 4 is 46.3 Å². The summed E-state index contributed by atoms with van der Waals surface area (Å²) in [5, 5.41) is 12.4. The number of rotatable bonds is 10. The smallest absolute Gasteiger partial charge is 0.184 e. The maximum Gasteiger partial charge on any atom is 0.184 e. The lowest BCUT2D eigenvalue weighted by atomic mass is 10.1. The fraction of sp³-hybridized carbons (Fsp3) is 0.346. The predicted molar refractivity (Wildman–Crippen MR) is 149 cm³/mol. The van der Waals surface area contributed by atoms with Crippen LogP contribution in [0.3, 0.4) is 0 Å². The number of hydrogen-bond donors (Lipinski definition) is 0. The molecular formula is C26H26Cl2N4O4S2. The van der Waals surface area contributed by atoms with Gasteiger partial charge in [-0.1, -0.05) is 70.5 Å². The third kappa shape index (κ3) is 6.75. The molecule has 1 aliphatic heterocycles. The Morgan fingerprint density at radius 1 is 1.21 bits per heavy atom. The second-order valence-corrected chi connectivity index (χ2v) is 11.5. The van der Waals surface area contributed by atoms with Gasteiger partial charge in [0.1, 0.15) is 28.3 Å². The van der Waals surface area contributed by atoms with Crippen LogP contribution >= 0.6 is 46.3 Å². The largest absolute Gasteiger partial charge is 0.376 e. The van der Waals surface area contributed by atoms with Crippen molar-refractivity contribution in [1.82, 2.24) is 20.0 Å². The summed E-state index contributed by atoms with van der Waals surface area (Å²) in [4.78, 5) is 5.09. The Kier molecular flexibility index (Phi) is 9.34. The van der Waals surface area contributed by atoms with Crippen LogP contribution in [-0.4, -0.2) is 57.4 Å². The van der Waals surface area contributed by atoms with Crippen LogP contribution in [0.2, 0.25) is 10.0 Å². The van der Waals surface area contributed by atoms with Gasteiger partial charge in [0.15, 0.2) is 6.29 Å². The van der Waals surface area contributed by atoms with Crippen molar-refractivity contribution in [2.24, 2.45) is 0 Å². The highest BCUT2D eigenvalue weighted by Gasteiger charge is 2.35. The average Bonchev–Trinajstić information content (AvgIpc) is 3.63. The first-order chi connectivity index (χ1) is 18.5. The second kappa shape index (κ2) is 12.9. The van der Waals surface area contributed by atoms with Gasteiger partial charge in [0.25, 0.3) is 0 Å². The molecule has 0 radical (unpaired) electrons. The first-order valence-corrected chi connectivity index (χ1v) is 14.4. The minimum Gasteiger partial charge on any atom is -0.376 e. The van der Waals surface area contributed by atoms with Crippen LogP contribution in [0.25, 0.3) is 10.7 Å². The molecule has 0 spiro atoms. The van der Waals surface area contributed by atoms with Crippen LogP contribution in [0.4, 0.5) is 0 Å². The van der Waals surface area contributed by atoms with Crippen molar-refractivity contribution in [2.45, 2.75) is 48.4 Å². The number of aromatic nitrogens is 4. The molecule has 2 aromatic heterocycles. The molecule has 0 amide bonds. The van der Waals surface area contributed by atoms with E-state index < -0.39 is 17.8 Å². The monoisotopic (exact) mass is 592 g/mol. The highest BCUT2D eigenvalue weighted by Crippen LogP contribution is 2.37. The summed E-state index contributed by atoms with van der Waals surface area (Å²) in [5.41, 5.74) is 1.18. The van der Waals surface area contributed by atoms with Crippen molar-refractivity contribution in [3.8, 4) is 10.7 Å². The Morgan fingerprint density at radius 2 is 2.05 bits per heavy atom. The van der Waals surface area contributed by atoms with Gasteiger partial charge in [0.05, 0.1) is 30.5 Å². The highest BCUT2D eigenvalue weighted by molar-refractivity contribution is 8.00. The van der Waals surface area contributed by atoms with Crippen LogP contribution in [0.1, 0.15) is 18.8 Å². The minimum atomic E-state index is -0.489. The van der Waals surface area contributed by atoms with Crippen LogP contribution in [0, 0.1) is 0 Å². The number of hydrogen-bond acceptors (Lipinski definition) is 9. The molecule has 12 heteroatoms. The summed E-state index contributed by atoms with van der Waals surface area (Å²) in [6, 6.07) is 15.2. The number of nitrogens with zero attached hydrogens (tertiary/aromatic N) is 4. The Hall–Kier alpha value is -2.02. The predicted octanol–water partition coefficient (Wildman–Crippen LogP) is 6.36. The van der Waals surface area contributed by atoms with E-state index in [1.54, 1.807) is 30.1 Å². The van der Waals surface area contributed by atoms with E-state index in [-0.39, 0.29) is 12.2 Å². The Labute approximate surface area is 239 Å². The van der Waals surface area contributed by atoms with Gasteiger partial charge < -0.3 is 18.9 Å². The van der Waals surface area contributed by atoms with Crippen LogP contribution in [0.15, 0.2) is 71.2 Å². The van der Waals surface area contributed by atoms with Crippen molar-refractivity contribution in [1.29, 1.82) is 0 Å². The summed E-state index contributed by atoms with van der Waals surface area (Å²) in [7, 11) is 1.64. The molecule has 3 heterocycles. The SMILES string of the molecule is CO[C@@H](Cn1cc(-c2nccs2)nn1)C(OC1COC(c2ccccc2)O[C@@H]1C)Sc1cc(Cl)ccc1Cl. The van der Waals surface area contributed by atoms with Crippen molar-refractivity contribution in [3.05, 3.63) is 81.9 Å². The Bertz CT molecular complexity index is 1310. The highest BCUT2D eigenvalue weighted by atomic mass is 35.5. The van der Waals surface area contributed by atoms with Gasteiger partial charge in [-0.25, -0.2) is 9.67 Å². The lowest BCUT2D eigenvalue weighted by Gasteiger charge is -2.38. The Balaban J connectivity index is 1.34. The molecule has 38 heavy (non-hydrogen) atoms. The molecule has 5 atom stereocenters. The van der Waals surface area contributed by atoms with Gasteiger partial charge in [-0.2, -0.15) is 0 Å². The molecule has 0 aliphatic carbocycles. The zero-order chi connectivity index (χ0) is 26.5. The summed E-state index contributed by atoms with van der Waals surface area (Å²) in [6.45, 7) is 2.73. The van der Waals surface area contributed by atoms with Crippen molar-refractivity contribution in [3.63, 3.8) is 0 Å². The molecule has 200 valence electrons. The zero-order valence-electron chi connectivity index (χ0n) is 20.6. The first-order valence-electron chi connectivity index (χ1n) is 11.9. The number of thiazole rings is 1. The fourth-order valence-electron chi connectivity index (χ4n) is 3.92. The van der Waals surface area contributed by atoms with E-state index >= 15 is 0 Å². The molecule has 4 aromatic rings. The third-order valence-corrected chi connectivity index (χ3v) is 8.67. The maximum atomic E-state index is 6.61. The second-order valence-electron chi connectivity index (χ2n) is 8.59. The van der Waals surface area contributed by atoms with Gasteiger partial charge in [-0.15, -0.1) is 16.4 Å². The molecule has 1 fully saturated rings. The number of methoxy groups -OCH3 is 1. The van der Waals surface area contributed by atoms with Crippen molar-refractivity contribution in [2.75, 3.05) is 13.7 Å². The fourth-order valence-corrected chi connectivity index (χ4v) is 6.17. The number of thioether (sulfide) groups is 1. The maximum absolute atomic E-state index is 6.61. The normalized spacial score (nSPS) is 21.3. The zero-order valence-corrected chi connectivity index (χ0v) is 23.8. The topological polar surface area (TPSA) is 80.5 Å². The Morgan fingerprint density at radius 3 is 2.79 bits per heavy atom. The van der Waals surface area contributed by atoms with E-state index in [0.29, 0.717) is 28.9 Å². The molecule has 1 saturated heterocycles. The van der Waals surface area contributed by atoms with E-state index in [9.17, 15) is 0 Å². The molecule has 0 saturated carbocycles. The lowest BCUT2D eigenvalue weighted by molar-refractivity contribution is -0.267. The molecule has 0 N–H and O–H groups in total. The van der Waals surface area contributed by atoms with Gasteiger partial charge in [0, 0.05) is 34.2 Å². The quantitative estimate of drug-likeness (QED) is 0.155. The summed E-state index contributed by atoms with van der Waals surface area (Å²) in [5.74, 6) is 0. The number of benzene rings is 2. The van der Waals surface area contributed by atoms with Crippen LogP contribution in [0.5, 0.6) is 0 Å². The van der Waals surface area contributed by atoms with Gasteiger partial charge in [-0.05, 0) is 25.1 Å². The van der Waals surface area contributed by atoms with E-state index in [0.717, 1.165) is 15.5 Å². The summed E-state index contributed by atoms with van der Waals surface area (Å²) in [6.07, 6.45) is 2.15. The minimum absolute atomic E-state index is 0.229. The van der Waals surface area contributed by atoms with Crippen LogP contribution < -0.4 is 0 Å². The molecule has 8 nitrogen and oxygen atoms in total. The van der Waals surface area contributed by atoms with Gasteiger partial charge in [-0.3, -0.25) is 0 Å². The number of ether oxygens (including phenoxy) is 4. The molecule has 5 rings (SSSR count). The van der Waals surface area contributed by atoms with E-state index in [2.05, 4.69) is 15.3 Å². The van der Waals surface area contributed by atoms with E-state index in [1.807, 2.05) is 54.9 Å². The van der Waals surface area contributed by atoms with E-state index in [1.165, 1.54) is 23.1 Å². The molecule has 1 aliphatic rings. The number of halogens is 2. The molecule has 2 aromatic carbocycles. The summed E-state index contributed by atoms with van der Waals surface area (Å²) >= 11 is 15.7. The van der Waals surface area contributed by atoms with Gasteiger partial charge in [0.2, 0.25) is 0 Å². The first kappa shape index (κ1) is 27.5. The molecule has 3 unspecified atom stereocenters. The van der Waals surface area contributed by atoms with E-state index in [4.69, 9.17) is 42.1 Å². The standard InChI is InChI=1S/C26H26Cl2N4O4S2/c1-16-22(15-34-25(35-16)17-6-4-3-5-7-17)36-26(38-23-12-18(27)8-9-19(23)28)21(33-2)14-32-13-20(30-31-32)24-29-10-11-37-24/h3-13,16,21-22,25-26H,14-15H2,1-2H3/t16-,21+,22?,25?,26?/m1/s1.